The molecule has 2 heterocycles. The van der Waals surface area contributed by atoms with E-state index in [1.165, 1.54) is 20.4 Å². The number of aryl methyl sites for hydroxylation is 1. The van der Waals surface area contributed by atoms with E-state index in [1.807, 2.05) is 6.92 Å². The van der Waals surface area contributed by atoms with E-state index in [9.17, 15) is 4.79 Å². The van der Waals surface area contributed by atoms with E-state index in [0.29, 0.717) is 0 Å². The Bertz CT molecular complexity index is 592. The van der Waals surface area contributed by atoms with Crippen LogP contribution in [0.5, 0.6) is 11.8 Å². The Hall–Kier alpha value is -2.37. The molecule has 0 bridgehead atoms. The van der Waals surface area contributed by atoms with E-state index in [2.05, 4.69) is 9.97 Å². The molecule has 2 aromatic rings. The molecule has 2 aromatic heterocycles. The van der Waals surface area contributed by atoms with Gasteiger partial charge in [-0.15, -0.1) is 0 Å². The van der Waals surface area contributed by atoms with Gasteiger partial charge in [0.05, 0.1) is 20.4 Å². The van der Waals surface area contributed by atoms with E-state index in [4.69, 9.17) is 13.9 Å². The lowest BCUT2D eigenvalue weighted by Crippen LogP contribution is -2.08. The van der Waals surface area contributed by atoms with Gasteiger partial charge < -0.3 is 13.9 Å². The van der Waals surface area contributed by atoms with Gasteiger partial charge in [0.25, 0.3) is 5.78 Å². The Morgan fingerprint density at radius 1 is 1.32 bits per heavy atom. The van der Waals surface area contributed by atoms with Gasteiger partial charge in [0.15, 0.2) is 11.5 Å². The van der Waals surface area contributed by atoms with Crippen LogP contribution in [0.4, 0.5) is 0 Å². The highest BCUT2D eigenvalue weighted by atomic mass is 16.5. The minimum Gasteiger partial charge on any atom is -0.480 e. The number of hydrogen-bond acceptors (Lipinski definition) is 6. The third kappa shape index (κ3) is 2.57. The van der Waals surface area contributed by atoms with Crippen LogP contribution in [-0.2, 0) is 6.42 Å². The van der Waals surface area contributed by atoms with Crippen molar-refractivity contribution >= 4 is 5.78 Å². The normalized spacial score (nSPS) is 10.3. The highest BCUT2D eigenvalue weighted by Crippen LogP contribution is 2.21. The number of furan rings is 1. The highest BCUT2D eigenvalue weighted by Gasteiger charge is 2.21. The molecule has 0 atom stereocenters. The highest BCUT2D eigenvalue weighted by molar-refractivity contribution is 6.07. The molecular formula is C13H14N2O4. The predicted molar refractivity (Wildman–Crippen MR) is 66.7 cm³/mol. The van der Waals surface area contributed by atoms with Gasteiger partial charge in [0.2, 0.25) is 11.8 Å². The van der Waals surface area contributed by atoms with Crippen LogP contribution in [0.3, 0.4) is 0 Å². The molecular weight excluding hydrogens is 248 g/mol. The number of ether oxygens (including phenoxy) is 2. The topological polar surface area (TPSA) is 74.5 Å². The SMILES string of the molecule is CCc1ccc(C(=O)c2ncc(OC)nc2OC)o1. The van der Waals surface area contributed by atoms with Crippen molar-refractivity contribution in [1.82, 2.24) is 9.97 Å². The summed E-state index contributed by atoms with van der Waals surface area (Å²) in [7, 11) is 2.88. The summed E-state index contributed by atoms with van der Waals surface area (Å²) < 4.78 is 15.4. The molecule has 0 amide bonds. The Balaban J connectivity index is 2.37. The first-order valence-electron chi connectivity index (χ1n) is 5.78. The lowest BCUT2D eigenvalue weighted by molar-refractivity contribution is 0.0998. The van der Waals surface area contributed by atoms with Gasteiger partial charge in [-0.3, -0.25) is 4.79 Å². The summed E-state index contributed by atoms with van der Waals surface area (Å²) in [5.41, 5.74) is 0.0975. The number of methoxy groups -OCH3 is 2. The predicted octanol–water partition coefficient (Wildman–Crippen LogP) is 1.88. The number of ketones is 1. The number of nitrogens with zero attached hydrogens (tertiary/aromatic N) is 2. The van der Waals surface area contributed by atoms with E-state index in [1.54, 1.807) is 12.1 Å². The molecule has 0 unspecified atom stereocenters. The Kier molecular flexibility index (Phi) is 3.79. The fourth-order valence-electron chi connectivity index (χ4n) is 1.56. The summed E-state index contributed by atoms with van der Waals surface area (Å²) in [5, 5.41) is 0. The van der Waals surface area contributed by atoms with Crippen LogP contribution in [-0.4, -0.2) is 30.0 Å². The number of hydrogen-bond donors (Lipinski definition) is 0. The Labute approximate surface area is 110 Å². The monoisotopic (exact) mass is 262 g/mol. The summed E-state index contributed by atoms with van der Waals surface area (Å²) in [4.78, 5) is 20.3. The van der Waals surface area contributed by atoms with Crippen molar-refractivity contribution in [3.8, 4) is 11.8 Å². The summed E-state index contributed by atoms with van der Waals surface area (Å²) >= 11 is 0. The molecule has 19 heavy (non-hydrogen) atoms. The molecule has 0 aliphatic rings. The zero-order chi connectivity index (χ0) is 13.8. The van der Waals surface area contributed by atoms with Gasteiger partial charge in [-0.25, -0.2) is 4.98 Å². The van der Waals surface area contributed by atoms with Crippen LogP contribution in [0.25, 0.3) is 0 Å². The zero-order valence-corrected chi connectivity index (χ0v) is 11.0. The van der Waals surface area contributed by atoms with Crippen LogP contribution < -0.4 is 9.47 Å². The van der Waals surface area contributed by atoms with Gasteiger partial charge in [-0.2, -0.15) is 4.98 Å². The molecule has 6 nitrogen and oxygen atoms in total. The molecule has 0 aromatic carbocycles. The van der Waals surface area contributed by atoms with Crippen molar-refractivity contribution in [2.75, 3.05) is 14.2 Å². The third-order valence-electron chi connectivity index (χ3n) is 2.57. The summed E-state index contributed by atoms with van der Waals surface area (Å²) in [6.45, 7) is 1.95. The van der Waals surface area contributed by atoms with Gasteiger partial charge in [-0.1, -0.05) is 6.92 Å². The zero-order valence-electron chi connectivity index (χ0n) is 11.0. The van der Waals surface area contributed by atoms with Crippen molar-refractivity contribution < 1.29 is 18.7 Å². The van der Waals surface area contributed by atoms with E-state index in [0.717, 1.165) is 12.2 Å². The van der Waals surface area contributed by atoms with Crippen molar-refractivity contribution in [1.29, 1.82) is 0 Å². The minimum atomic E-state index is -0.369. The second-order valence-electron chi connectivity index (χ2n) is 3.72. The van der Waals surface area contributed by atoms with Crippen LogP contribution in [0.15, 0.2) is 22.7 Å². The van der Waals surface area contributed by atoms with E-state index >= 15 is 0 Å². The average molecular weight is 262 g/mol. The van der Waals surface area contributed by atoms with E-state index < -0.39 is 0 Å². The van der Waals surface area contributed by atoms with Crippen LogP contribution in [0.2, 0.25) is 0 Å². The Morgan fingerprint density at radius 2 is 2.11 bits per heavy atom. The molecule has 2 rings (SSSR count). The maximum absolute atomic E-state index is 12.2. The molecule has 0 fully saturated rings. The fraction of sp³-hybridized carbons (Fsp3) is 0.308. The maximum Gasteiger partial charge on any atom is 0.252 e. The quantitative estimate of drug-likeness (QED) is 0.766. The summed E-state index contributed by atoms with van der Waals surface area (Å²) in [5.74, 6) is 0.978. The minimum absolute atomic E-state index is 0.0975. The lowest BCUT2D eigenvalue weighted by Gasteiger charge is -2.05. The van der Waals surface area contributed by atoms with Gasteiger partial charge in [0, 0.05) is 6.42 Å². The largest absolute Gasteiger partial charge is 0.480 e. The van der Waals surface area contributed by atoms with Crippen molar-refractivity contribution in [3.05, 3.63) is 35.5 Å². The number of carbonyl (C=O) groups is 1. The van der Waals surface area contributed by atoms with Crippen LogP contribution >= 0.6 is 0 Å². The standard InChI is InChI=1S/C13H14N2O4/c1-4-8-5-6-9(19-8)12(16)11-13(18-3)15-10(17-2)7-14-11/h5-7H,4H2,1-3H3. The number of rotatable bonds is 5. The van der Waals surface area contributed by atoms with Crippen molar-refractivity contribution in [3.63, 3.8) is 0 Å². The third-order valence-corrected chi connectivity index (χ3v) is 2.57. The first kappa shape index (κ1) is 13.1. The number of aromatic nitrogens is 2. The smallest absolute Gasteiger partial charge is 0.252 e. The van der Waals surface area contributed by atoms with Crippen LogP contribution in [0, 0.1) is 0 Å². The molecule has 6 heteroatoms. The molecule has 0 aliphatic heterocycles. The molecule has 0 N–H and O–H groups in total. The average Bonchev–Trinajstić information content (AvgIpc) is 2.94. The Morgan fingerprint density at radius 3 is 2.68 bits per heavy atom. The maximum atomic E-state index is 12.2. The number of carbonyl (C=O) groups excluding carboxylic acids is 1. The molecule has 0 saturated heterocycles. The van der Waals surface area contributed by atoms with Crippen molar-refractivity contribution in [2.24, 2.45) is 0 Å². The molecule has 0 spiro atoms. The van der Waals surface area contributed by atoms with Crippen LogP contribution in [0.1, 0.15) is 28.9 Å². The first-order valence-corrected chi connectivity index (χ1v) is 5.78. The fourth-order valence-corrected chi connectivity index (χ4v) is 1.56. The second kappa shape index (κ2) is 5.51. The van der Waals surface area contributed by atoms with Gasteiger partial charge in [0.1, 0.15) is 5.76 Å². The molecule has 0 saturated carbocycles. The lowest BCUT2D eigenvalue weighted by atomic mass is 10.2. The first-order chi connectivity index (χ1) is 9.19. The second-order valence-corrected chi connectivity index (χ2v) is 3.72. The van der Waals surface area contributed by atoms with Crippen molar-refractivity contribution in [2.45, 2.75) is 13.3 Å². The molecule has 0 radical (unpaired) electrons. The van der Waals surface area contributed by atoms with E-state index in [-0.39, 0.29) is 29.0 Å². The summed E-state index contributed by atoms with van der Waals surface area (Å²) in [6.07, 6.45) is 2.08. The summed E-state index contributed by atoms with van der Waals surface area (Å²) in [6, 6.07) is 3.38. The van der Waals surface area contributed by atoms with Gasteiger partial charge >= 0.3 is 0 Å². The molecule has 0 aliphatic carbocycles. The molecule has 100 valence electrons. The van der Waals surface area contributed by atoms with Gasteiger partial charge in [-0.05, 0) is 12.1 Å².